The number of aryl methyl sites for hydroxylation is 3. The maximum Gasteiger partial charge on any atom is 0.258 e. The average molecular weight is 231 g/mol. The summed E-state index contributed by atoms with van der Waals surface area (Å²) in [6.07, 6.45) is 1.65. The van der Waals surface area contributed by atoms with Crippen LogP contribution in [0.15, 0.2) is 22.7 Å². The Morgan fingerprint density at radius 2 is 2.12 bits per heavy atom. The van der Waals surface area contributed by atoms with Gasteiger partial charge in [-0.25, -0.2) is 0 Å². The Bertz CT molecular complexity index is 505. The van der Waals surface area contributed by atoms with Crippen LogP contribution in [0.1, 0.15) is 23.4 Å². The third-order valence-electron chi connectivity index (χ3n) is 2.68. The molecule has 0 atom stereocenters. The molecule has 1 aromatic heterocycles. The topological polar surface area (TPSA) is 64.9 Å². The van der Waals surface area contributed by atoms with E-state index in [0.29, 0.717) is 12.4 Å². The van der Waals surface area contributed by atoms with Crippen molar-refractivity contribution in [3.63, 3.8) is 0 Å². The summed E-state index contributed by atoms with van der Waals surface area (Å²) in [6.45, 7) is 4.76. The Morgan fingerprint density at radius 3 is 2.82 bits per heavy atom. The van der Waals surface area contributed by atoms with Crippen LogP contribution < -0.4 is 5.73 Å². The van der Waals surface area contributed by atoms with E-state index in [4.69, 9.17) is 10.3 Å². The number of benzene rings is 1. The van der Waals surface area contributed by atoms with Crippen LogP contribution in [0.5, 0.6) is 0 Å². The minimum atomic E-state index is 0.592. The lowest BCUT2D eigenvalue weighted by Crippen LogP contribution is -2.01. The third kappa shape index (κ3) is 2.71. The lowest BCUT2D eigenvalue weighted by Gasteiger charge is -2.01. The molecule has 0 aliphatic heterocycles. The van der Waals surface area contributed by atoms with Crippen LogP contribution in [-0.2, 0) is 6.42 Å². The first-order valence-electron chi connectivity index (χ1n) is 5.81. The summed E-state index contributed by atoms with van der Waals surface area (Å²) in [6, 6.07) is 6.18. The number of nitrogens with zero attached hydrogens (tertiary/aromatic N) is 2. The molecule has 2 rings (SSSR count). The number of hydrogen-bond acceptors (Lipinski definition) is 4. The second kappa shape index (κ2) is 5.10. The monoisotopic (exact) mass is 231 g/mol. The average Bonchev–Trinajstić information content (AvgIpc) is 2.75. The fourth-order valence-electron chi connectivity index (χ4n) is 1.78. The van der Waals surface area contributed by atoms with Crippen LogP contribution in [0, 0.1) is 13.8 Å². The molecule has 0 aliphatic carbocycles. The van der Waals surface area contributed by atoms with Gasteiger partial charge in [-0.05, 0) is 38.4 Å². The first-order chi connectivity index (χ1) is 8.20. The molecule has 0 saturated carbocycles. The Kier molecular flexibility index (Phi) is 3.54. The highest BCUT2D eigenvalue weighted by Gasteiger charge is 2.10. The van der Waals surface area contributed by atoms with E-state index in [2.05, 4.69) is 23.1 Å². The molecule has 0 saturated heterocycles. The summed E-state index contributed by atoms with van der Waals surface area (Å²) in [5.74, 6) is 1.32. The van der Waals surface area contributed by atoms with Crippen molar-refractivity contribution in [2.75, 3.05) is 6.54 Å². The van der Waals surface area contributed by atoms with Gasteiger partial charge < -0.3 is 10.3 Å². The van der Waals surface area contributed by atoms with Crippen LogP contribution in [0.3, 0.4) is 0 Å². The molecule has 0 fully saturated rings. The van der Waals surface area contributed by atoms with Gasteiger partial charge in [0, 0.05) is 12.0 Å². The maximum atomic E-state index is 5.45. The fourth-order valence-corrected chi connectivity index (χ4v) is 1.78. The zero-order valence-corrected chi connectivity index (χ0v) is 10.2. The molecule has 1 heterocycles. The van der Waals surface area contributed by atoms with Gasteiger partial charge in [0.15, 0.2) is 5.82 Å². The summed E-state index contributed by atoms with van der Waals surface area (Å²) in [7, 11) is 0. The van der Waals surface area contributed by atoms with Gasteiger partial charge >= 0.3 is 0 Å². The molecular weight excluding hydrogens is 214 g/mol. The van der Waals surface area contributed by atoms with Gasteiger partial charge in [-0.3, -0.25) is 0 Å². The number of aromatic nitrogens is 2. The van der Waals surface area contributed by atoms with E-state index >= 15 is 0 Å². The molecule has 4 nitrogen and oxygen atoms in total. The minimum Gasteiger partial charge on any atom is -0.334 e. The molecule has 0 amide bonds. The highest BCUT2D eigenvalue weighted by atomic mass is 16.5. The number of hydrogen-bond donors (Lipinski definition) is 1. The van der Waals surface area contributed by atoms with Gasteiger partial charge in [0.05, 0.1) is 0 Å². The standard InChI is InChI=1S/C13H17N3O/c1-9-5-6-11(10(2)8-9)13-15-12(16-17-13)4-3-7-14/h5-6,8H,3-4,7,14H2,1-2H3. The summed E-state index contributed by atoms with van der Waals surface area (Å²) < 4.78 is 5.27. The molecule has 90 valence electrons. The second-order valence-corrected chi connectivity index (χ2v) is 4.23. The summed E-state index contributed by atoms with van der Waals surface area (Å²) >= 11 is 0. The van der Waals surface area contributed by atoms with Crippen LogP contribution in [0.25, 0.3) is 11.5 Å². The molecule has 17 heavy (non-hydrogen) atoms. The van der Waals surface area contributed by atoms with Crippen molar-refractivity contribution in [2.24, 2.45) is 5.73 Å². The lowest BCUT2D eigenvalue weighted by atomic mass is 10.1. The highest BCUT2D eigenvalue weighted by Crippen LogP contribution is 2.22. The highest BCUT2D eigenvalue weighted by molar-refractivity contribution is 5.58. The largest absolute Gasteiger partial charge is 0.334 e. The summed E-state index contributed by atoms with van der Waals surface area (Å²) in [4.78, 5) is 4.38. The van der Waals surface area contributed by atoms with E-state index in [0.717, 1.165) is 29.8 Å². The predicted molar refractivity (Wildman–Crippen MR) is 66.6 cm³/mol. The van der Waals surface area contributed by atoms with Gasteiger partial charge in [-0.1, -0.05) is 22.9 Å². The van der Waals surface area contributed by atoms with Crippen molar-refractivity contribution in [2.45, 2.75) is 26.7 Å². The van der Waals surface area contributed by atoms with Gasteiger partial charge in [0.1, 0.15) is 0 Å². The maximum absolute atomic E-state index is 5.45. The molecule has 0 bridgehead atoms. The number of rotatable bonds is 4. The molecule has 2 N–H and O–H groups in total. The van der Waals surface area contributed by atoms with Crippen LogP contribution in [0.2, 0.25) is 0 Å². The van der Waals surface area contributed by atoms with Gasteiger partial charge in [-0.2, -0.15) is 4.98 Å². The number of nitrogens with two attached hydrogens (primary N) is 1. The fraction of sp³-hybridized carbons (Fsp3) is 0.385. The summed E-state index contributed by atoms with van der Waals surface area (Å²) in [5, 5.41) is 3.95. The van der Waals surface area contributed by atoms with E-state index < -0.39 is 0 Å². The Labute approximate surface area is 101 Å². The zero-order valence-electron chi connectivity index (χ0n) is 10.2. The molecular formula is C13H17N3O. The van der Waals surface area contributed by atoms with Crippen LogP contribution in [-0.4, -0.2) is 16.7 Å². The minimum absolute atomic E-state index is 0.592. The normalized spacial score (nSPS) is 10.8. The quantitative estimate of drug-likeness (QED) is 0.876. The van der Waals surface area contributed by atoms with Crippen molar-refractivity contribution < 1.29 is 4.52 Å². The van der Waals surface area contributed by atoms with E-state index in [-0.39, 0.29) is 0 Å². The van der Waals surface area contributed by atoms with Gasteiger partial charge in [0.2, 0.25) is 0 Å². The van der Waals surface area contributed by atoms with E-state index in [1.165, 1.54) is 5.56 Å². The first kappa shape index (κ1) is 11.8. The van der Waals surface area contributed by atoms with E-state index in [1.807, 2.05) is 19.1 Å². The Morgan fingerprint density at radius 1 is 1.29 bits per heavy atom. The SMILES string of the molecule is Cc1ccc(-c2nc(CCCN)no2)c(C)c1. The van der Waals surface area contributed by atoms with Crippen molar-refractivity contribution in [1.82, 2.24) is 10.1 Å². The van der Waals surface area contributed by atoms with Crippen molar-refractivity contribution in [3.05, 3.63) is 35.2 Å². The van der Waals surface area contributed by atoms with Crippen molar-refractivity contribution >= 4 is 0 Å². The molecule has 0 radical (unpaired) electrons. The van der Waals surface area contributed by atoms with Crippen molar-refractivity contribution in [1.29, 1.82) is 0 Å². The second-order valence-electron chi connectivity index (χ2n) is 4.23. The lowest BCUT2D eigenvalue weighted by molar-refractivity contribution is 0.421. The van der Waals surface area contributed by atoms with Crippen LogP contribution in [0.4, 0.5) is 0 Å². The predicted octanol–water partition coefficient (Wildman–Crippen LogP) is 2.24. The molecule has 0 spiro atoms. The van der Waals surface area contributed by atoms with Gasteiger partial charge in [0.25, 0.3) is 5.89 Å². The smallest absolute Gasteiger partial charge is 0.258 e. The Balaban J connectivity index is 2.24. The molecule has 0 unspecified atom stereocenters. The summed E-state index contributed by atoms with van der Waals surface area (Å²) in [5.41, 5.74) is 8.83. The zero-order chi connectivity index (χ0) is 12.3. The Hall–Kier alpha value is -1.68. The molecule has 0 aliphatic rings. The van der Waals surface area contributed by atoms with Crippen molar-refractivity contribution in [3.8, 4) is 11.5 Å². The van der Waals surface area contributed by atoms with Crippen LogP contribution >= 0.6 is 0 Å². The van der Waals surface area contributed by atoms with E-state index in [1.54, 1.807) is 0 Å². The third-order valence-corrected chi connectivity index (χ3v) is 2.68. The molecule has 1 aromatic carbocycles. The van der Waals surface area contributed by atoms with Gasteiger partial charge in [-0.15, -0.1) is 0 Å². The molecule has 4 heteroatoms. The first-order valence-corrected chi connectivity index (χ1v) is 5.81. The molecule has 2 aromatic rings. The van der Waals surface area contributed by atoms with E-state index in [9.17, 15) is 0 Å².